The van der Waals surface area contributed by atoms with Crippen molar-refractivity contribution in [2.45, 2.75) is 76.6 Å². The second kappa shape index (κ2) is 14.1. The van der Waals surface area contributed by atoms with E-state index in [-0.39, 0.29) is 22.7 Å². The van der Waals surface area contributed by atoms with Crippen molar-refractivity contribution < 1.29 is 14.0 Å². The van der Waals surface area contributed by atoms with Crippen molar-refractivity contribution in [2.75, 3.05) is 37.1 Å². The van der Waals surface area contributed by atoms with Gasteiger partial charge in [0.1, 0.15) is 0 Å². The molecule has 26 heavy (non-hydrogen) atoms. The molecule has 0 radical (unpaired) electrons. The van der Waals surface area contributed by atoms with Crippen molar-refractivity contribution in [3.8, 4) is 0 Å². The number of hydrogen-bond acceptors (Lipinski definition) is 6. The van der Waals surface area contributed by atoms with Crippen LogP contribution in [0.15, 0.2) is 0 Å². The van der Waals surface area contributed by atoms with Gasteiger partial charge in [0, 0.05) is 51.3 Å². The van der Waals surface area contributed by atoms with E-state index >= 15 is 0 Å². The van der Waals surface area contributed by atoms with Crippen molar-refractivity contribution >= 4 is 51.0 Å². The summed E-state index contributed by atoms with van der Waals surface area (Å²) < 4.78 is 18.2. The third-order valence-electron chi connectivity index (χ3n) is 2.62. The smallest absolute Gasteiger partial charge is 0.385 e. The Labute approximate surface area is 178 Å². The van der Waals surface area contributed by atoms with Crippen LogP contribution < -0.4 is 0 Å². The molecule has 0 heterocycles. The average Bonchev–Trinajstić information content (AvgIpc) is 2.40. The molecule has 8 heteroatoms. The van der Waals surface area contributed by atoms with Gasteiger partial charge >= 0.3 is 7.32 Å². The van der Waals surface area contributed by atoms with Crippen LogP contribution in [0.2, 0.25) is 0 Å². The maximum absolute atomic E-state index is 5.82. The molecule has 0 spiro atoms. The van der Waals surface area contributed by atoms with E-state index < -0.39 is 7.32 Å². The monoisotopic (exact) mass is 424 g/mol. The summed E-state index contributed by atoms with van der Waals surface area (Å²) in [6.07, 6.45) is 0. The molecule has 0 bridgehead atoms. The second-order valence-corrected chi connectivity index (χ2v) is 14.5. The van der Waals surface area contributed by atoms with Crippen molar-refractivity contribution in [3.05, 3.63) is 0 Å². The van der Waals surface area contributed by atoms with E-state index in [1.54, 1.807) is 0 Å². The van der Waals surface area contributed by atoms with Crippen molar-refractivity contribution in [2.24, 2.45) is 0 Å². The molecule has 0 saturated carbocycles. The zero-order chi connectivity index (χ0) is 19.6. The van der Waals surface area contributed by atoms with Gasteiger partial charge in [-0.2, -0.15) is 35.3 Å². The van der Waals surface area contributed by atoms with Gasteiger partial charge in [0.25, 0.3) is 0 Å². The zero-order valence-corrected chi connectivity index (χ0v) is 20.2. The quantitative estimate of drug-likeness (QED) is 0.340. The summed E-state index contributed by atoms with van der Waals surface area (Å²) in [6, 6.07) is 0. The van der Waals surface area contributed by atoms with Gasteiger partial charge in [-0.1, -0.05) is 62.3 Å². The van der Waals surface area contributed by atoms with Crippen LogP contribution in [0.4, 0.5) is 0 Å². The predicted octanol–water partition coefficient (Wildman–Crippen LogP) is 4.43. The Kier molecular flexibility index (Phi) is 15.9. The van der Waals surface area contributed by atoms with Crippen LogP contribution in [-0.4, -0.2) is 67.1 Å². The average molecular weight is 424 g/mol. The standard InChI is InChI=1S/C18H39BO3S3.BH3/c1-16(2,3)23-13-10-20-19(21-11-14-24-17(4,5)6)22-12-15-25-18(7,8)9;/h10-15H2,1-9H3;1H3. The summed E-state index contributed by atoms with van der Waals surface area (Å²) in [4.78, 5) is 0. The molecular formula is C18H42B2O3S3. The van der Waals surface area contributed by atoms with Crippen molar-refractivity contribution in [3.63, 3.8) is 0 Å². The fourth-order valence-electron chi connectivity index (χ4n) is 1.62. The Morgan fingerprint density at radius 2 is 0.769 bits per heavy atom. The van der Waals surface area contributed by atoms with E-state index in [0.717, 1.165) is 17.3 Å². The lowest BCUT2D eigenvalue weighted by Crippen LogP contribution is -2.31. The van der Waals surface area contributed by atoms with Gasteiger partial charge in [-0.25, -0.2) is 0 Å². The van der Waals surface area contributed by atoms with E-state index in [9.17, 15) is 0 Å². The molecule has 0 aromatic heterocycles. The van der Waals surface area contributed by atoms with Gasteiger partial charge in [0.15, 0.2) is 0 Å². The minimum Gasteiger partial charge on any atom is -0.385 e. The first kappa shape index (κ1) is 29.3. The number of thioether (sulfide) groups is 3. The largest absolute Gasteiger partial charge is 0.639 e. The fourth-order valence-corrected chi connectivity index (χ4v) is 4.00. The molecule has 0 amide bonds. The summed E-state index contributed by atoms with van der Waals surface area (Å²) in [5.74, 6) is 2.83. The van der Waals surface area contributed by atoms with E-state index in [1.807, 2.05) is 35.3 Å². The van der Waals surface area contributed by atoms with Gasteiger partial charge < -0.3 is 14.0 Å². The molecule has 0 aromatic carbocycles. The third-order valence-corrected chi connectivity index (χ3v) is 6.33. The van der Waals surface area contributed by atoms with Crippen molar-refractivity contribution in [1.29, 1.82) is 0 Å². The lowest BCUT2D eigenvalue weighted by atomic mass is 10.2. The van der Waals surface area contributed by atoms with Gasteiger partial charge in [0.2, 0.25) is 0 Å². The Balaban J connectivity index is 0. The molecule has 156 valence electrons. The van der Waals surface area contributed by atoms with Gasteiger partial charge in [-0.15, -0.1) is 0 Å². The van der Waals surface area contributed by atoms with E-state index in [2.05, 4.69) is 62.3 Å². The highest BCUT2D eigenvalue weighted by molar-refractivity contribution is 8.01. The molecule has 0 saturated heterocycles. The Bertz CT molecular complexity index is 288. The summed E-state index contributed by atoms with van der Waals surface area (Å²) >= 11 is 5.68. The molecule has 0 aliphatic heterocycles. The SMILES string of the molecule is B.CC(C)(C)SCCOB(OCCSC(C)(C)C)OCCSC(C)(C)C. The summed E-state index contributed by atoms with van der Waals surface area (Å²) in [6.45, 7) is 21.9. The first-order valence-corrected chi connectivity index (χ1v) is 12.0. The molecular weight excluding hydrogens is 382 g/mol. The number of rotatable bonds is 12. The van der Waals surface area contributed by atoms with Gasteiger partial charge in [0.05, 0.1) is 8.41 Å². The van der Waals surface area contributed by atoms with Gasteiger partial charge in [-0.3, -0.25) is 0 Å². The molecule has 0 rings (SSSR count). The zero-order valence-electron chi connectivity index (χ0n) is 17.8. The molecule has 0 fully saturated rings. The fraction of sp³-hybridized carbons (Fsp3) is 1.00. The van der Waals surface area contributed by atoms with E-state index in [1.165, 1.54) is 0 Å². The normalized spacial score (nSPS) is 12.8. The molecule has 0 unspecified atom stereocenters. The Hall–Kier alpha value is 1.06. The second-order valence-electron chi connectivity index (χ2n) is 8.78. The minimum atomic E-state index is -0.554. The maximum atomic E-state index is 5.82. The molecule has 0 atom stereocenters. The van der Waals surface area contributed by atoms with Crippen LogP contribution in [0, 0.1) is 0 Å². The summed E-state index contributed by atoms with van der Waals surface area (Å²) in [5.41, 5.74) is 0. The van der Waals surface area contributed by atoms with E-state index in [0.29, 0.717) is 19.8 Å². The Morgan fingerprint density at radius 3 is 0.962 bits per heavy atom. The van der Waals surface area contributed by atoms with Gasteiger partial charge in [-0.05, 0) is 0 Å². The summed E-state index contributed by atoms with van der Waals surface area (Å²) in [7, 11) is -0.554. The first-order valence-electron chi connectivity index (χ1n) is 9.05. The molecule has 3 nitrogen and oxygen atoms in total. The van der Waals surface area contributed by atoms with Crippen LogP contribution in [0.25, 0.3) is 0 Å². The lowest BCUT2D eigenvalue weighted by molar-refractivity contribution is 0.109. The highest BCUT2D eigenvalue weighted by Crippen LogP contribution is 2.24. The third kappa shape index (κ3) is 23.1. The minimum absolute atomic E-state index is 0. The van der Waals surface area contributed by atoms with E-state index in [4.69, 9.17) is 14.0 Å². The number of hydrogen-bond donors (Lipinski definition) is 0. The summed E-state index contributed by atoms with van der Waals surface area (Å²) in [5, 5.41) is 0. The van der Waals surface area contributed by atoms with Crippen LogP contribution in [0.5, 0.6) is 0 Å². The van der Waals surface area contributed by atoms with Crippen LogP contribution >= 0.6 is 35.3 Å². The first-order chi connectivity index (χ1) is 11.3. The molecule has 0 N–H and O–H groups in total. The predicted molar refractivity (Wildman–Crippen MR) is 130 cm³/mol. The molecule has 0 aliphatic carbocycles. The highest BCUT2D eigenvalue weighted by Gasteiger charge is 2.23. The molecule has 0 aliphatic rings. The van der Waals surface area contributed by atoms with Crippen LogP contribution in [-0.2, 0) is 14.0 Å². The topological polar surface area (TPSA) is 27.7 Å². The molecule has 0 aromatic rings. The Morgan fingerprint density at radius 1 is 0.538 bits per heavy atom. The van der Waals surface area contributed by atoms with Crippen molar-refractivity contribution in [1.82, 2.24) is 0 Å². The van der Waals surface area contributed by atoms with Crippen LogP contribution in [0.3, 0.4) is 0 Å². The highest BCUT2D eigenvalue weighted by atomic mass is 32.2. The van der Waals surface area contributed by atoms with Crippen LogP contribution in [0.1, 0.15) is 62.3 Å². The maximum Gasteiger partial charge on any atom is 0.639 e. The lowest BCUT2D eigenvalue weighted by Gasteiger charge is -2.21.